The normalized spacial score (nSPS) is 13.4. The first-order valence-corrected chi connectivity index (χ1v) is 6.73. The van der Waals surface area contributed by atoms with Crippen LogP contribution in [0.2, 0.25) is 0 Å². The highest BCUT2D eigenvalue weighted by atomic mass is 15.1. The molecule has 1 aromatic heterocycles. The summed E-state index contributed by atoms with van der Waals surface area (Å²) in [7, 11) is 2.08. The van der Waals surface area contributed by atoms with Crippen molar-refractivity contribution in [2.75, 3.05) is 6.54 Å². The van der Waals surface area contributed by atoms with E-state index in [-0.39, 0.29) is 0 Å². The van der Waals surface area contributed by atoms with Gasteiger partial charge < -0.3 is 10.3 Å². The highest BCUT2D eigenvalue weighted by molar-refractivity contribution is 5.77. The molecule has 2 rings (SSSR count). The third kappa shape index (κ3) is 2.15. The Morgan fingerprint density at radius 3 is 2.61 bits per heavy atom. The lowest BCUT2D eigenvalue weighted by Crippen LogP contribution is -2.17. The van der Waals surface area contributed by atoms with Crippen molar-refractivity contribution in [3.63, 3.8) is 0 Å². The first kappa shape index (κ1) is 13.1. The molecular formula is C15H23N3. The number of aromatic nitrogens is 2. The molecule has 0 amide bonds. The summed E-state index contributed by atoms with van der Waals surface area (Å²) in [5.74, 6) is 2.11. The van der Waals surface area contributed by atoms with E-state index in [1.165, 1.54) is 11.1 Å². The quantitative estimate of drug-likeness (QED) is 0.900. The maximum absolute atomic E-state index is 5.89. The lowest BCUT2D eigenvalue weighted by molar-refractivity contribution is 0.507. The van der Waals surface area contributed by atoms with Crippen LogP contribution < -0.4 is 5.73 Å². The molecule has 0 bridgehead atoms. The Hall–Kier alpha value is -1.35. The van der Waals surface area contributed by atoms with Crippen LogP contribution in [-0.2, 0) is 13.5 Å². The Morgan fingerprint density at radius 2 is 2.06 bits per heavy atom. The summed E-state index contributed by atoms with van der Waals surface area (Å²) in [4.78, 5) is 4.69. The van der Waals surface area contributed by atoms with E-state index in [4.69, 9.17) is 5.73 Å². The zero-order chi connectivity index (χ0) is 13.3. The summed E-state index contributed by atoms with van der Waals surface area (Å²) in [6.45, 7) is 7.27. The molecule has 0 fully saturated rings. The van der Waals surface area contributed by atoms with Gasteiger partial charge in [0.2, 0.25) is 0 Å². The summed E-state index contributed by atoms with van der Waals surface area (Å²) in [5, 5.41) is 0. The van der Waals surface area contributed by atoms with Gasteiger partial charge in [-0.3, -0.25) is 0 Å². The van der Waals surface area contributed by atoms with Crippen LogP contribution in [0, 0.1) is 5.92 Å². The number of rotatable bonds is 4. The van der Waals surface area contributed by atoms with Gasteiger partial charge in [-0.15, -0.1) is 0 Å². The predicted octanol–water partition coefficient (Wildman–Crippen LogP) is 2.83. The topological polar surface area (TPSA) is 43.8 Å². The van der Waals surface area contributed by atoms with Crippen LogP contribution in [0.15, 0.2) is 18.2 Å². The molecule has 0 radical (unpaired) electrons. The Kier molecular flexibility index (Phi) is 3.71. The van der Waals surface area contributed by atoms with Gasteiger partial charge in [0.1, 0.15) is 5.82 Å². The van der Waals surface area contributed by atoms with Crippen molar-refractivity contribution in [1.82, 2.24) is 9.55 Å². The van der Waals surface area contributed by atoms with Crippen molar-refractivity contribution in [3.8, 4) is 0 Å². The first-order valence-electron chi connectivity index (χ1n) is 6.73. The fraction of sp³-hybridized carbons (Fsp3) is 0.533. The molecule has 3 heteroatoms. The van der Waals surface area contributed by atoms with Crippen molar-refractivity contribution in [2.24, 2.45) is 18.7 Å². The van der Waals surface area contributed by atoms with Crippen LogP contribution in [0.4, 0.5) is 0 Å². The zero-order valence-electron chi connectivity index (χ0n) is 11.8. The number of imidazole rings is 1. The van der Waals surface area contributed by atoms with Crippen molar-refractivity contribution in [3.05, 3.63) is 29.6 Å². The number of benzene rings is 1. The van der Waals surface area contributed by atoms with Gasteiger partial charge in [0.25, 0.3) is 0 Å². The smallest absolute Gasteiger partial charge is 0.109 e. The Morgan fingerprint density at radius 1 is 1.33 bits per heavy atom. The molecule has 2 N–H and O–H groups in total. The van der Waals surface area contributed by atoms with Crippen molar-refractivity contribution in [2.45, 2.75) is 33.1 Å². The average Bonchev–Trinajstić information content (AvgIpc) is 2.66. The van der Waals surface area contributed by atoms with E-state index in [1.54, 1.807) is 0 Å². The lowest BCUT2D eigenvalue weighted by Gasteiger charge is -2.19. The molecule has 2 aromatic rings. The number of aryl methyl sites for hydroxylation is 2. The van der Waals surface area contributed by atoms with E-state index in [1.807, 2.05) is 0 Å². The van der Waals surface area contributed by atoms with E-state index in [0.717, 1.165) is 17.8 Å². The van der Waals surface area contributed by atoms with Crippen LogP contribution in [0.3, 0.4) is 0 Å². The molecule has 1 aromatic carbocycles. The SMILES string of the molecule is CCc1nc2cc(C(CN)C(C)C)ccc2n1C. The molecule has 1 atom stereocenters. The van der Waals surface area contributed by atoms with Crippen LogP contribution in [-0.4, -0.2) is 16.1 Å². The van der Waals surface area contributed by atoms with Gasteiger partial charge >= 0.3 is 0 Å². The molecule has 0 saturated heterocycles. The van der Waals surface area contributed by atoms with Gasteiger partial charge in [-0.1, -0.05) is 26.8 Å². The summed E-state index contributed by atoms with van der Waals surface area (Å²) >= 11 is 0. The molecule has 0 spiro atoms. The van der Waals surface area contributed by atoms with Crippen LogP contribution >= 0.6 is 0 Å². The van der Waals surface area contributed by atoms with Gasteiger partial charge in [0.05, 0.1) is 11.0 Å². The summed E-state index contributed by atoms with van der Waals surface area (Å²) in [6.07, 6.45) is 0.963. The molecule has 0 aliphatic heterocycles. The third-order valence-electron chi connectivity index (χ3n) is 3.80. The molecular weight excluding hydrogens is 222 g/mol. The first-order chi connectivity index (χ1) is 8.58. The molecule has 0 aliphatic carbocycles. The van der Waals surface area contributed by atoms with E-state index in [9.17, 15) is 0 Å². The van der Waals surface area contributed by atoms with Crippen LogP contribution in [0.5, 0.6) is 0 Å². The monoisotopic (exact) mass is 245 g/mol. The third-order valence-corrected chi connectivity index (χ3v) is 3.80. The summed E-state index contributed by atoms with van der Waals surface area (Å²) in [5.41, 5.74) is 9.48. The second-order valence-electron chi connectivity index (χ2n) is 5.27. The number of fused-ring (bicyclic) bond motifs is 1. The van der Waals surface area contributed by atoms with Gasteiger partial charge in [0.15, 0.2) is 0 Å². The number of hydrogen-bond donors (Lipinski definition) is 1. The summed E-state index contributed by atoms with van der Waals surface area (Å²) < 4.78 is 2.17. The van der Waals surface area contributed by atoms with Crippen molar-refractivity contribution in [1.29, 1.82) is 0 Å². The fourth-order valence-electron chi connectivity index (χ4n) is 2.61. The zero-order valence-corrected chi connectivity index (χ0v) is 11.8. The molecule has 0 aliphatic rings. The fourth-order valence-corrected chi connectivity index (χ4v) is 2.61. The largest absolute Gasteiger partial charge is 0.331 e. The number of hydrogen-bond acceptors (Lipinski definition) is 2. The average molecular weight is 245 g/mol. The minimum Gasteiger partial charge on any atom is -0.331 e. The van der Waals surface area contributed by atoms with Crippen LogP contribution in [0.25, 0.3) is 11.0 Å². The van der Waals surface area contributed by atoms with Gasteiger partial charge in [-0.25, -0.2) is 4.98 Å². The van der Waals surface area contributed by atoms with Gasteiger partial charge in [-0.2, -0.15) is 0 Å². The van der Waals surface area contributed by atoms with Crippen molar-refractivity contribution < 1.29 is 0 Å². The van der Waals surface area contributed by atoms with E-state index in [2.05, 4.69) is 55.6 Å². The molecule has 1 heterocycles. The second-order valence-corrected chi connectivity index (χ2v) is 5.27. The van der Waals surface area contributed by atoms with Crippen molar-refractivity contribution >= 4 is 11.0 Å². The highest BCUT2D eigenvalue weighted by Gasteiger charge is 2.15. The minimum atomic E-state index is 0.418. The maximum atomic E-state index is 5.89. The molecule has 18 heavy (non-hydrogen) atoms. The van der Waals surface area contributed by atoms with Gasteiger partial charge in [0, 0.05) is 13.5 Å². The number of nitrogens with zero attached hydrogens (tertiary/aromatic N) is 2. The molecule has 1 unspecified atom stereocenters. The van der Waals surface area contributed by atoms with E-state index >= 15 is 0 Å². The predicted molar refractivity (Wildman–Crippen MR) is 76.7 cm³/mol. The molecule has 0 saturated carbocycles. The molecule has 3 nitrogen and oxygen atoms in total. The Balaban J connectivity index is 2.50. The Bertz CT molecular complexity index is 540. The number of nitrogens with two attached hydrogens (primary N) is 1. The van der Waals surface area contributed by atoms with Gasteiger partial charge in [-0.05, 0) is 36.1 Å². The summed E-state index contributed by atoms with van der Waals surface area (Å²) in [6, 6.07) is 6.56. The lowest BCUT2D eigenvalue weighted by atomic mass is 9.88. The van der Waals surface area contributed by atoms with E-state index < -0.39 is 0 Å². The van der Waals surface area contributed by atoms with Crippen LogP contribution in [0.1, 0.15) is 38.1 Å². The highest BCUT2D eigenvalue weighted by Crippen LogP contribution is 2.26. The van der Waals surface area contributed by atoms with E-state index in [0.29, 0.717) is 18.4 Å². The second kappa shape index (κ2) is 5.11. The minimum absolute atomic E-state index is 0.418. The Labute approximate surface area is 109 Å². The maximum Gasteiger partial charge on any atom is 0.109 e. The standard InChI is InChI=1S/C15H23N3/c1-5-15-17-13-8-11(12(9-16)10(2)3)6-7-14(13)18(15)4/h6-8,10,12H,5,9,16H2,1-4H3. The molecule has 98 valence electrons.